The third-order valence-corrected chi connectivity index (χ3v) is 4.20. The van der Waals surface area contributed by atoms with Gasteiger partial charge in [-0.2, -0.15) is 5.10 Å². The quantitative estimate of drug-likeness (QED) is 0.622. The van der Waals surface area contributed by atoms with Crippen LogP contribution in [-0.4, -0.2) is 22.0 Å². The van der Waals surface area contributed by atoms with Crippen LogP contribution in [0.15, 0.2) is 54.7 Å². The highest BCUT2D eigenvalue weighted by Crippen LogP contribution is 2.25. The number of thiocarbonyl (C=S) groups is 1. The van der Waals surface area contributed by atoms with E-state index in [4.69, 9.17) is 28.6 Å². The van der Waals surface area contributed by atoms with Gasteiger partial charge < -0.3 is 15.4 Å². The van der Waals surface area contributed by atoms with Gasteiger partial charge >= 0.3 is 0 Å². The van der Waals surface area contributed by atoms with E-state index in [9.17, 15) is 0 Å². The second kappa shape index (κ2) is 8.21. The van der Waals surface area contributed by atoms with Crippen molar-refractivity contribution >= 4 is 40.4 Å². The number of ether oxygens (including phenoxy) is 1. The molecule has 5 nitrogen and oxygen atoms in total. The molecule has 3 rings (SSSR count). The summed E-state index contributed by atoms with van der Waals surface area (Å²) < 4.78 is 7.19. The molecule has 1 heterocycles. The molecule has 0 fully saturated rings. The van der Waals surface area contributed by atoms with Crippen LogP contribution in [0, 0.1) is 6.92 Å². The van der Waals surface area contributed by atoms with Gasteiger partial charge in [0.2, 0.25) is 0 Å². The molecular weight excluding hydrogens is 368 g/mol. The normalized spacial score (nSPS) is 10.4. The van der Waals surface area contributed by atoms with E-state index in [0.29, 0.717) is 17.5 Å². The lowest BCUT2D eigenvalue weighted by atomic mass is 10.2. The fourth-order valence-electron chi connectivity index (χ4n) is 2.48. The number of halogens is 1. The summed E-state index contributed by atoms with van der Waals surface area (Å²) >= 11 is 11.3. The molecule has 0 aliphatic rings. The van der Waals surface area contributed by atoms with Crippen molar-refractivity contribution in [1.82, 2.24) is 9.78 Å². The van der Waals surface area contributed by atoms with Gasteiger partial charge in [-0.15, -0.1) is 0 Å². The minimum absolute atomic E-state index is 0.450. The maximum atomic E-state index is 5.91. The average molecular weight is 387 g/mol. The molecule has 0 saturated heterocycles. The molecule has 0 amide bonds. The first-order valence-electron chi connectivity index (χ1n) is 8.04. The smallest absolute Gasteiger partial charge is 0.176 e. The Morgan fingerprint density at radius 2 is 1.92 bits per heavy atom. The number of aromatic nitrogens is 2. The topological polar surface area (TPSA) is 51.1 Å². The fraction of sp³-hybridized carbons (Fsp3) is 0.158. The van der Waals surface area contributed by atoms with Gasteiger partial charge in [0.1, 0.15) is 5.75 Å². The molecule has 0 saturated carbocycles. The van der Waals surface area contributed by atoms with Gasteiger partial charge in [0.25, 0.3) is 0 Å². The average Bonchev–Trinajstić information content (AvgIpc) is 3.04. The van der Waals surface area contributed by atoms with Crippen LogP contribution in [0.4, 0.5) is 11.5 Å². The lowest BCUT2D eigenvalue weighted by molar-refractivity contribution is 0.417. The van der Waals surface area contributed by atoms with Crippen LogP contribution in [0.2, 0.25) is 5.02 Å². The lowest BCUT2D eigenvalue weighted by Crippen LogP contribution is -2.20. The van der Waals surface area contributed by atoms with Gasteiger partial charge in [-0.25, -0.2) is 0 Å². The molecule has 0 spiro atoms. The number of aryl methyl sites for hydroxylation is 1. The molecule has 0 bridgehead atoms. The Balaban J connectivity index is 1.62. The zero-order valence-electron chi connectivity index (χ0n) is 14.5. The minimum atomic E-state index is 0.450. The van der Waals surface area contributed by atoms with E-state index in [0.717, 1.165) is 27.6 Å². The second-order valence-electron chi connectivity index (χ2n) is 5.81. The van der Waals surface area contributed by atoms with Gasteiger partial charge in [0.05, 0.1) is 19.3 Å². The molecular formula is C19H19ClN4OS. The van der Waals surface area contributed by atoms with Crippen LogP contribution >= 0.6 is 23.8 Å². The lowest BCUT2D eigenvalue weighted by Gasteiger charge is -2.13. The second-order valence-corrected chi connectivity index (χ2v) is 6.65. The number of rotatable bonds is 5. The first kappa shape index (κ1) is 18.2. The number of methoxy groups -OCH3 is 1. The van der Waals surface area contributed by atoms with Gasteiger partial charge in [-0.1, -0.05) is 29.8 Å². The number of anilines is 2. The van der Waals surface area contributed by atoms with Crippen molar-refractivity contribution in [1.29, 1.82) is 0 Å². The highest BCUT2D eigenvalue weighted by molar-refractivity contribution is 7.80. The summed E-state index contributed by atoms with van der Waals surface area (Å²) in [5.74, 6) is 1.40. The standard InChI is InChI=1S/C19H19ClN4OS/c1-13-3-8-17(25-2)16(11-13)21-19(26)22-18-9-10-24(23-18)12-14-4-6-15(20)7-5-14/h3-11H,12H2,1-2H3,(H2,21,22,23,26). The predicted molar refractivity (Wildman–Crippen MR) is 110 cm³/mol. The minimum Gasteiger partial charge on any atom is -0.495 e. The molecule has 1 aromatic heterocycles. The van der Waals surface area contributed by atoms with Gasteiger partial charge in [-0.3, -0.25) is 4.68 Å². The Bertz CT molecular complexity index is 908. The SMILES string of the molecule is COc1ccc(C)cc1NC(=S)Nc1ccn(Cc2ccc(Cl)cc2)n1. The van der Waals surface area contributed by atoms with Crippen LogP contribution < -0.4 is 15.4 Å². The van der Waals surface area contributed by atoms with E-state index in [1.807, 2.05) is 66.3 Å². The van der Waals surface area contributed by atoms with Crippen LogP contribution in [0.1, 0.15) is 11.1 Å². The number of nitrogens with one attached hydrogen (secondary N) is 2. The van der Waals surface area contributed by atoms with Gasteiger partial charge in [-0.05, 0) is 54.5 Å². The molecule has 0 aliphatic carbocycles. The summed E-state index contributed by atoms with van der Waals surface area (Å²) in [7, 11) is 1.63. The highest BCUT2D eigenvalue weighted by atomic mass is 35.5. The fourth-order valence-corrected chi connectivity index (χ4v) is 2.82. The van der Waals surface area contributed by atoms with E-state index in [1.54, 1.807) is 7.11 Å². The van der Waals surface area contributed by atoms with Crippen LogP contribution in [0.5, 0.6) is 5.75 Å². The maximum Gasteiger partial charge on any atom is 0.176 e. The van der Waals surface area contributed by atoms with E-state index < -0.39 is 0 Å². The van der Waals surface area contributed by atoms with Crippen molar-refractivity contribution < 1.29 is 4.74 Å². The summed E-state index contributed by atoms with van der Waals surface area (Å²) in [6.07, 6.45) is 1.90. The highest BCUT2D eigenvalue weighted by Gasteiger charge is 2.07. The van der Waals surface area contributed by atoms with E-state index in [2.05, 4.69) is 15.7 Å². The maximum absolute atomic E-state index is 5.91. The molecule has 3 aromatic rings. The Morgan fingerprint density at radius 1 is 1.15 bits per heavy atom. The molecule has 26 heavy (non-hydrogen) atoms. The summed E-state index contributed by atoms with van der Waals surface area (Å²) in [5.41, 5.74) is 3.04. The number of hydrogen-bond donors (Lipinski definition) is 2. The zero-order valence-corrected chi connectivity index (χ0v) is 16.1. The molecule has 134 valence electrons. The van der Waals surface area contributed by atoms with Gasteiger partial charge in [0, 0.05) is 17.3 Å². The first-order valence-corrected chi connectivity index (χ1v) is 8.82. The third kappa shape index (κ3) is 4.74. The predicted octanol–water partition coefficient (Wildman–Crippen LogP) is 4.71. The summed E-state index contributed by atoms with van der Waals surface area (Å²) in [6.45, 7) is 2.67. The molecule has 2 aromatic carbocycles. The summed E-state index contributed by atoms with van der Waals surface area (Å²) in [6, 6.07) is 15.4. The van der Waals surface area contributed by atoms with E-state index in [1.165, 1.54) is 0 Å². The molecule has 7 heteroatoms. The Hall–Kier alpha value is -2.57. The Morgan fingerprint density at radius 3 is 2.65 bits per heavy atom. The van der Waals surface area contributed by atoms with Crippen molar-refractivity contribution in [2.75, 3.05) is 17.7 Å². The Kier molecular flexibility index (Phi) is 5.75. The Labute approximate surface area is 162 Å². The van der Waals surface area contributed by atoms with Crippen molar-refractivity contribution in [3.63, 3.8) is 0 Å². The van der Waals surface area contributed by atoms with Crippen LogP contribution in [-0.2, 0) is 6.54 Å². The zero-order chi connectivity index (χ0) is 18.5. The molecule has 0 unspecified atom stereocenters. The monoisotopic (exact) mass is 386 g/mol. The van der Waals surface area contributed by atoms with Crippen molar-refractivity contribution in [3.05, 3.63) is 70.9 Å². The molecule has 0 aliphatic heterocycles. The third-order valence-electron chi connectivity index (χ3n) is 3.74. The number of hydrogen-bond acceptors (Lipinski definition) is 3. The summed E-state index contributed by atoms with van der Waals surface area (Å²) in [4.78, 5) is 0. The summed E-state index contributed by atoms with van der Waals surface area (Å²) in [5, 5.41) is 11.9. The molecule has 0 radical (unpaired) electrons. The largest absolute Gasteiger partial charge is 0.495 e. The number of benzene rings is 2. The van der Waals surface area contributed by atoms with E-state index >= 15 is 0 Å². The van der Waals surface area contributed by atoms with Crippen molar-refractivity contribution in [2.45, 2.75) is 13.5 Å². The molecule has 0 atom stereocenters. The van der Waals surface area contributed by atoms with E-state index in [-0.39, 0.29) is 0 Å². The van der Waals surface area contributed by atoms with Crippen molar-refractivity contribution in [3.8, 4) is 5.75 Å². The van der Waals surface area contributed by atoms with Crippen molar-refractivity contribution in [2.24, 2.45) is 0 Å². The molecule has 2 N–H and O–H groups in total. The first-order chi connectivity index (χ1) is 12.5. The van der Waals surface area contributed by atoms with Gasteiger partial charge in [0.15, 0.2) is 10.9 Å². The number of nitrogens with zero attached hydrogens (tertiary/aromatic N) is 2. The van der Waals surface area contributed by atoms with Crippen LogP contribution in [0.25, 0.3) is 0 Å². The van der Waals surface area contributed by atoms with Crippen LogP contribution in [0.3, 0.4) is 0 Å².